The van der Waals surface area contributed by atoms with E-state index in [2.05, 4.69) is 15.3 Å². The first-order chi connectivity index (χ1) is 11.8. The van der Waals surface area contributed by atoms with E-state index < -0.39 is 0 Å². The first-order valence-corrected chi connectivity index (χ1v) is 8.84. The van der Waals surface area contributed by atoms with Crippen molar-refractivity contribution in [3.05, 3.63) is 34.5 Å². The molecule has 0 aromatic carbocycles. The van der Waals surface area contributed by atoms with Crippen molar-refractivity contribution < 1.29 is 4.92 Å². The highest BCUT2D eigenvalue weighted by atomic mass is 16.6. The van der Waals surface area contributed by atoms with Crippen LogP contribution in [0, 0.1) is 10.1 Å². The second-order valence-corrected chi connectivity index (χ2v) is 6.37. The predicted molar refractivity (Wildman–Crippen MR) is 94.5 cm³/mol. The highest BCUT2D eigenvalue weighted by Crippen LogP contribution is 2.28. The van der Waals surface area contributed by atoms with Crippen molar-refractivity contribution in [1.29, 1.82) is 0 Å². The maximum Gasteiger partial charge on any atom is 0.338 e. The Kier molecular flexibility index (Phi) is 5.63. The molecule has 7 heteroatoms. The van der Waals surface area contributed by atoms with Crippen LogP contribution in [-0.4, -0.2) is 45.6 Å². The fourth-order valence-corrected chi connectivity index (χ4v) is 3.31. The Balaban J connectivity index is 1.45. The second kappa shape index (κ2) is 8.10. The molecule has 24 heavy (non-hydrogen) atoms. The largest absolute Gasteiger partial charge is 0.363 e. The molecule has 1 aliphatic rings. The molecule has 0 unspecified atom stereocenters. The second-order valence-electron chi connectivity index (χ2n) is 6.37. The number of anilines is 1. The first kappa shape index (κ1) is 16.7. The average molecular weight is 331 g/mol. The Morgan fingerprint density at radius 3 is 2.79 bits per heavy atom. The third-order valence-electron chi connectivity index (χ3n) is 4.59. The van der Waals surface area contributed by atoms with E-state index >= 15 is 0 Å². The van der Waals surface area contributed by atoms with Gasteiger partial charge in [0.05, 0.1) is 4.92 Å². The van der Waals surface area contributed by atoms with E-state index in [9.17, 15) is 10.1 Å². The molecule has 7 nitrogen and oxygen atoms in total. The summed E-state index contributed by atoms with van der Waals surface area (Å²) in [6.07, 6.45) is 9.08. The van der Waals surface area contributed by atoms with E-state index in [-0.39, 0.29) is 10.6 Å². The molecule has 1 N–H and O–H groups in total. The van der Waals surface area contributed by atoms with E-state index in [1.54, 1.807) is 22.8 Å². The molecule has 0 amide bonds. The molecule has 0 radical (unpaired) electrons. The van der Waals surface area contributed by atoms with E-state index in [0.29, 0.717) is 17.9 Å². The van der Waals surface area contributed by atoms with Crippen molar-refractivity contribution >= 4 is 17.0 Å². The fraction of sp³-hybridized carbons (Fsp3) is 0.588. The predicted octanol–water partition coefficient (Wildman–Crippen LogP) is 3.31. The summed E-state index contributed by atoms with van der Waals surface area (Å²) in [4.78, 5) is 13.5. The first-order valence-electron chi connectivity index (χ1n) is 8.84. The van der Waals surface area contributed by atoms with Crippen molar-refractivity contribution in [2.24, 2.45) is 0 Å². The highest BCUT2D eigenvalue weighted by molar-refractivity contribution is 5.76. The molecule has 1 aliphatic heterocycles. The van der Waals surface area contributed by atoms with Crippen molar-refractivity contribution in [1.82, 2.24) is 14.5 Å². The Morgan fingerprint density at radius 2 is 2.00 bits per heavy atom. The van der Waals surface area contributed by atoms with Gasteiger partial charge in [-0.3, -0.25) is 10.1 Å². The summed E-state index contributed by atoms with van der Waals surface area (Å²) in [7, 11) is 0. The number of unbranched alkanes of at least 4 members (excludes halogenated alkanes) is 2. The average Bonchev–Trinajstić information content (AvgIpc) is 2.97. The molecule has 3 heterocycles. The zero-order valence-electron chi connectivity index (χ0n) is 14.0. The summed E-state index contributed by atoms with van der Waals surface area (Å²) < 4.78 is 1.55. The number of likely N-dealkylation sites (tertiary alicyclic amines) is 1. The summed E-state index contributed by atoms with van der Waals surface area (Å²) >= 11 is 0. The monoisotopic (exact) mass is 331 g/mol. The summed E-state index contributed by atoms with van der Waals surface area (Å²) in [6, 6.07) is 5.32. The number of aromatic nitrogens is 2. The third-order valence-corrected chi connectivity index (χ3v) is 4.59. The van der Waals surface area contributed by atoms with Crippen LogP contribution in [0.4, 0.5) is 11.5 Å². The van der Waals surface area contributed by atoms with Gasteiger partial charge in [0.15, 0.2) is 0 Å². The van der Waals surface area contributed by atoms with Gasteiger partial charge in [-0.15, -0.1) is 5.10 Å². The van der Waals surface area contributed by atoms with E-state index in [1.807, 2.05) is 6.07 Å². The maximum atomic E-state index is 11.3. The molecule has 2 aromatic heterocycles. The van der Waals surface area contributed by atoms with Crippen molar-refractivity contribution in [2.75, 3.05) is 31.5 Å². The van der Waals surface area contributed by atoms with Crippen LogP contribution in [0.1, 0.15) is 38.5 Å². The lowest BCUT2D eigenvalue weighted by molar-refractivity contribution is -0.382. The molecule has 1 fully saturated rings. The SMILES string of the molecule is O=[N+]([O-])c1c(NCCCCCN2CCCCC2)nn2ccccc12. The lowest BCUT2D eigenvalue weighted by Gasteiger charge is -2.26. The Bertz CT molecular complexity index is 679. The van der Waals surface area contributed by atoms with Gasteiger partial charge in [0.25, 0.3) is 0 Å². The van der Waals surface area contributed by atoms with Crippen LogP contribution in [0.3, 0.4) is 0 Å². The van der Waals surface area contributed by atoms with Gasteiger partial charge in [-0.25, -0.2) is 4.52 Å². The molecule has 0 aliphatic carbocycles. The van der Waals surface area contributed by atoms with Crippen LogP contribution in [0.5, 0.6) is 0 Å². The van der Waals surface area contributed by atoms with Crippen LogP contribution in [0.25, 0.3) is 5.52 Å². The molecule has 2 aromatic rings. The van der Waals surface area contributed by atoms with E-state index in [4.69, 9.17) is 0 Å². The number of rotatable bonds is 8. The maximum absolute atomic E-state index is 11.3. The van der Waals surface area contributed by atoms with Gasteiger partial charge in [-0.1, -0.05) is 18.9 Å². The van der Waals surface area contributed by atoms with Crippen LogP contribution in [0.15, 0.2) is 24.4 Å². The smallest absolute Gasteiger partial charge is 0.338 e. The van der Waals surface area contributed by atoms with Crippen LogP contribution in [-0.2, 0) is 0 Å². The van der Waals surface area contributed by atoms with Gasteiger partial charge < -0.3 is 10.2 Å². The summed E-state index contributed by atoms with van der Waals surface area (Å²) in [5.41, 5.74) is 0.582. The zero-order chi connectivity index (χ0) is 16.8. The highest BCUT2D eigenvalue weighted by Gasteiger charge is 2.22. The van der Waals surface area contributed by atoms with Crippen LogP contribution >= 0.6 is 0 Å². The lowest BCUT2D eigenvalue weighted by Crippen LogP contribution is -2.30. The van der Waals surface area contributed by atoms with Crippen molar-refractivity contribution in [3.63, 3.8) is 0 Å². The number of hydrogen-bond acceptors (Lipinski definition) is 5. The molecular formula is C17H25N5O2. The Morgan fingerprint density at radius 1 is 1.17 bits per heavy atom. The Hall–Kier alpha value is -2.15. The zero-order valence-corrected chi connectivity index (χ0v) is 14.0. The molecule has 0 saturated carbocycles. The van der Waals surface area contributed by atoms with Crippen LogP contribution < -0.4 is 5.32 Å². The van der Waals surface area contributed by atoms with E-state index in [1.165, 1.54) is 45.3 Å². The van der Waals surface area contributed by atoms with Gasteiger partial charge in [-0.05, 0) is 57.5 Å². The number of nitrogens with zero attached hydrogens (tertiary/aromatic N) is 4. The third kappa shape index (κ3) is 4.03. The summed E-state index contributed by atoms with van der Waals surface area (Å²) in [5, 5.41) is 18.7. The standard InChI is InChI=1S/C17H25N5O2/c23-22(24)16-15-9-3-8-14-21(15)19-17(16)18-10-4-1-5-11-20-12-6-2-7-13-20/h3,8-9,14H,1-2,4-7,10-13H2,(H,18,19). The van der Waals surface area contributed by atoms with Gasteiger partial charge in [0.1, 0.15) is 5.52 Å². The van der Waals surface area contributed by atoms with Crippen molar-refractivity contribution in [3.8, 4) is 0 Å². The summed E-state index contributed by atoms with van der Waals surface area (Å²) in [5.74, 6) is 0.363. The normalized spacial score (nSPS) is 15.7. The quantitative estimate of drug-likeness (QED) is 0.456. The van der Waals surface area contributed by atoms with Crippen molar-refractivity contribution in [2.45, 2.75) is 38.5 Å². The number of piperidine rings is 1. The Labute approximate surface area is 141 Å². The topological polar surface area (TPSA) is 75.7 Å². The molecule has 3 rings (SSSR count). The number of nitro groups is 1. The van der Waals surface area contributed by atoms with Gasteiger partial charge in [0, 0.05) is 12.7 Å². The minimum absolute atomic E-state index is 0.0592. The number of pyridine rings is 1. The molecular weight excluding hydrogens is 306 g/mol. The number of fused-ring (bicyclic) bond motifs is 1. The van der Waals surface area contributed by atoms with E-state index in [0.717, 1.165) is 12.8 Å². The van der Waals surface area contributed by atoms with Gasteiger partial charge in [0.2, 0.25) is 5.82 Å². The number of nitrogens with one attached hydrogen (secondary N) is 1. The summed E-state index contributed by atoms with van der Waals surface area (Å²) in [6.45, 7) is 4.37. The molecule has 0 atom stereocenters. The molecule has 0 spiro atoms. The molecule has 130 valence electrons. The van der Waals surface area contributed by atoms with Gasteiger partial charge >= 0.3 is 5.69 Å². The van der Waals surface area contributed by atoms with Gasteiger partial charge in [-0.2, -0.15) is 0 Å². The number of hydrogen-bond donors (Lipinski definition) is 1. The lowest BCUT2D eigenvalue weighted by atomic mass is 10.1. The fourth-order valence-electron chi connectivity index (χ4n) is 3.31. The minimum Gasteiger partial charge on any atom is -0.363 e. The molecule has 0 bridgehead atoms. The van der Waals surface area contributed by atoms with Crippen LogP contribution in [0.2, 0.25) is 0 Å². The molecule has 1 saturated heterocycles. The minimum atomic E-state index is -0.360.